The molecule has 0 aliphatic heterocycles. The van der Waals surface area contributed by atoms with Crippen molar-refractivity contribution in [2.24, 2.45) is 0 Å². The van der Waals surface area contributed by atoms with E-state index in [0.29, 0.717) is 10.9 Å². The van der Waals surface area contributed by atoms with E-state index in [1.54, 1.807) is 6.92 Å². The van der Waals surface area contributed by atoms with E-state index < -0.39 is 39.2 Å². The van der Waals surface area contributed by atoms with Crippen LogP contribution >= 0.6 is 18.3 Å². The van der Waals surface area contributed by atoms with Crippen LogP contribution in [0.25, 0.3) is 11.0 Å². The van der Waals surface area contributed by atoms with Crippen LogP contribution in [0.1, 0.15) is 33.0 Å². The molecule has 0 unspecified atom stereocenters. The lowest BCUT2D eigenvalue weighted by Gasteiger charge is -2.21. The molecule has 1 aromatic carbocycles. The van der Waals surface area contributed by atoms with Crippen LogP contribution in [0.5, 0.6) is 5.75 Å². The average Bonchev–Trinajstić information content (AvgIpc) is 2.56. The maximum absolute atomic E-state index is 11.8. The monoisotopic (exact) mass is 372 g/mol. The topological polar surface area (TPSA) is 57.9 Å². The van der Waals surface area contributed by atoms with Crippen LogP contribution in [-0.4, -0.2) is 13.1 Å². The summed E-state index contributed by atoms with van der Waals surface area (Å²) >= 11 is 10.8. The molecule has 0 aliphatic rings. The van der Waals surface area contributed by atoms with E-state index in [1.165, 1.54) is 12.1 Å². The molecule has 0 aliphatic carbocycles. The van der Waals surface area contributed by atoms with E-state index in [4.69, 9.17) is 55.1 Å². The first-order chi connectivity index (χ1) is 14.2. The molecular weight excluding hydrogens is 347 g/mol. The summed E-state index contributed by atoms with van der Waals surface area (Å²) in [7, 11) is 0. The molecule has 0 N–H and O–H groups in total. The third kappa shape index (κ3) is 3.70. The molecule has 5 nitrogen and oxygen atoms in total. The Balaban J connectivity index is 2.56. The number of halogens is 1. The summed E-state index contributed by atoms with van der Waals surface area (Å²) in [5.74, 6) is -0.298. The second-order valence-corrected chi connectivity index (χ2v) is 7.07. The number of hydrogen-bond acceptors (Lipinski definition) is 6. The summed E-state index contributed by atoms with van der Waals surface area (Å²) in [4.78, 5) is 11.8. The van der Waals surface area contributed by atoms with Gasteiger partial charge < -0.3 is 8.94 Å². The van der Waals surface area contributed by atoms with Crippen molar-refractivity contribution in [3.63, 3.8) is 0 Å². The molecule has 120 valence electrons. The molecule has 0 radical (unpaired) electrons. The second kappa shape index (κ2) is 7.11. The zero-order valence-corrected chi connectivity index (χ0v) is 13.5. The van der Waals surface area contributed by atoms with Crippen LogP contribution in [0.4, 0.5) is 0 Å². The third-order valence-corrected chi connectivity index (χ3v) is 4.77. The van der Waals surface area contributed by atoms with Crippen molar-refractivity contribution in [2.45, 2.75) is 20.6 Å². The molecule has 0 saturated carbocycles. The Morgan fingerprint density at radius 1 is 1.41 bits per heavy atom. The highest BCUT2D eigenvalue weighted by molar-refractivity contribution is 8.07. The number of fused-ring (bicyclic) bond motifs is 1. The Hall–Kier alpha value is -0.910. The predicted octanol–water partition coefficient (Wildman–Crippen LogP) is 4.43. The molecule has 1 heterocycles. The van der Waals surface area contributed by atoms with Crippen molar-refractivity contribution in [1.82, 2.24) is 0 Å². The molecular formula is C14H16ClO5PS. The van der Waals surface area contributed by atoms with Gasteiger partial charge in [-0.25, -0.2) is 4.79 Å². The van der Waals surface area contributed by atoms with Gasteiger partial charge in [0.15, 0.2) is 0 Å². The number of hydrogen-bond donors (Lipinski definition) is 0. The quantitative estimate of drug-likeness (QED) is 0.552. The summed E-state index contributed by atoms with van der Waals surface area (Å²) in [5, 5.41) is 0.243. The maximum atomic E-state index is 11.8. The highest BCUT2D eigenvalue weighted by Crippen LogP contribution is 2.50. The van der Waals surface area contributed by atoms with Gasteiger partial charge in [-0.1, -0.05) is 11.6 Å². The molecule has 0 saturated heterocycles. The Bertz CT molecular complexity index is 1100. The minimum atomic E-state index is -4.77. The minimum absolute atomic E-state index is 0.0476. The fourth-order valence-electron chi connectivity index (χ4n) is 1.67. The predicted molar refractivity (Wildman–Crippen MR) is 90.4 cm³/mol. The molecule has 0 amide bonds. The van der Waals surface area contributed by atoms with Gasteiger partial charge in [0.2, 0.25) is 0 Å². The Morgan fingerprint density at radius 2 is 2.09 bits per heavy atom. The van der Waals surface area contributed by atoms with E-state index in [-0.39, 0.29) is 16.4 Å². The second-order valence-electron chi connectivity index (χ2n) is 3.91. The average molecular weight is 373 g/mol. The number of benzene rings is 1. The molecule has 0 bridgehead atoms. The highest BCUT2D eigenvalue weighted by Gasteiger charge is 2.21. The number of rotatable bonds is 6. The fraction of sp³-hybridized carbons (Fsp3) is 0.357. The van der Waals surface area contributed by atoms with Gasteiger partial charge in [0.05, 0.1) is 18.6 Å². The molecule has 22 heavy (non-hydrogen) atoms. The lowest BCUT2D eigenvalue weighted by atomic mass is 10.1. The first-order valence-corrected chi connectivity index (χ1v) is 8.57. The molecule has 2 aromatic rings. The van der Waals surface area contributed by atoms with E-state index >= 15 is 0 Å². The first kappa shape index (κ1) is 8.27. The summed E-state index contributed by atoms with van der Waals surface area (Å²) < 4.78 is 93.8. The van der Waals surface area contributed by atoms with Crippen LogP contribution in [0.3, 0.4) is 0 Å². The summed E-state index contributed by atoms with van der Waals surface area (Å²) in [6.45, 7) is -17.0. The fourth-order valence-corrected chi connectivity index (χ4v) is 3.00. The van der Waals surface area contributed by atoms with Crippen molar-refractivity contribution < 1.29 is 31.7 Å². The lowest BCUT2D eigenvalue weighted by molar-refractivity contribution is 0.218. The van der Waals surface area contributed by atoms with Gasteiger partial charge in [-0.3, -0.25) is 9.05 Å². The van der Waals surface area contributed by atoms with Gasteiger partial charge in [0.1, 0.15) is 16.4 Å². The molecule has 1 aromatic heterocycles. The van der Waals surface area contributed by atoms with Crippen LogP contribution in [-0.2, 0) is 20.9 Å². The SMILES string of the molecule is [2H]C([2H])([2H])C([2H])([2H])OP(=S)(Oc1ccc2c(C)c(Cl)c(=O)oc2c1)OC([2H])([2H])C([2H])([2H])[2H]. The van der Waals surface area contributed by atoms with Crippen LogP contribution < -0.4 is 10.1 Å². The van der Waals surface area contributed by atoms with Gasteiger partial charge in [-0.05, 0) is 38.3 Å². The van der Waals surface area contributed by atoms with Crippen molar-refractivity contribution in [2.75, 3.05) is 13.1 Å². The molecule has 0 spiro atoms. The smallest absolute Gasteiger partial charge is 0.380 e. The largest absolute Gasteiger partial charge is 0.424 e. The molecule has 0 atom stereocenters. The zero-order valence-electron chi connectivity index (χ0n) is 21.0. The molecule has 2 rings (SSSR count). The summed E-state index contributed by atoms with van der Waals surface area (Å²) in [6, 6.07) is 3.71. The van der Waals surface area contributed by atoms with Gasteiger partial charge >= 0.3 is 12.3 Å². The van der Waals surface area contributed by atoms with Gasteiger partial charge in [-0.2, -0.15) is 0 Å². The van der Waals surface area contributed by atoms with Crippen molar-refractivity contribution in [1.29, 1.82) is 0 Å². The standard InChI is InChI=1S/C14H16ClO5PS/c1-4-17-21(22,18-5-2)20-10-6-7-11-9(3)13(15)14(16)19-12(11)8-10/h6-8H,4-5H2,1-3H3/i1D3,2D3,4D2,5D2. The Labute approximate surface area is 152 Å². The zero-order chi connectivity index (χ0) is 24.9. The minimum Gasteiger partial charge on any atom is -0.424 e. The number of aryl methyl sites for hydroxylation is 1. The van der Waals surface area contributed by atoms with Crippen LogP contribution in [0.15, 0.2) is 27.4 Å². The molecule has 8 heteroatoms. The van der Waals surface area contributed by atoms with E-state index in [9.17, 15) is 4.79 Å². The van der Waals surface area contributed by atoms with Gasteiger partial charge in [0.25, 0.3) is 0 Å². The van der Waals surface area contributed by atoms with Crippen molar-refractivity contribution >= 4 is 41.1 Å². The van der Waals surface area contributed by atoms with Crippen LogP contribution in [0, 0.1) is 6.92 Å². The normalized spacial score (nSPS) is 21.0. The van der Waals surface area contributed by atoms with Gasteiger partial charge in [-0.15, -0.1) is 0 Å². The summed E-state index contributed by atoms with van der Waals surface area (Å²) in [5.41, 5.74) is -0.527. The Morgan fingerprint density at radius 3 is 2.73 bits per heavy atom. The Kier molecular flexibility index (Phi) is 2.67. The molecule has 0 fully saturated rings. The maximum Gasteiger partial charge on any atom is 0.380 e. The highest BCUT2D eigenvalue weighted by atomic mass is 35.5. The third-order valence-electron chi connectivity index (χ3n) is 2.60. The van der Waals surface area contributed by atoms with Gasteiger partial charge in [0, 0.05) is 31.5 Å². The first-order valence-electron chi connectivity index (χ1n) is 10.6. The van der Waals surface area contributed by atoms with E-state index in [1.807, 2.05) is 0 Å². The van der Waals surface area contributed by atoms with Crippen LogP contribution in [0.2, 0.25) is 5.02 Å². The van der Waals surface area contributed by atoms with E-state index in [2.05, 4.69) is 0 Å². The lowest BCUT2D eigenvalue weighted by Crippen LogP contribution is -2.03. The summed E-state index contributed by atoms with van der Waals surface area (Å²) in [6.07, 6.45) is 0. The van der Waals surface area contributed by atoms with Crippen molar-refractivity contribution in [3.05, 3.63) is 39.2 Å². The van der Waals surface area contributed by atoms with E-state index in [0.717, 1.165) is 6.07 Å². The van der Waals surface area contributed by atoms with Crippen molar-refractivity contribution in [3.8, 4) is 5.75 Å².